The second-order valence-electron chi connectivity index (χ2n) is 5.46. The SMILES string of the molecule is COCCNC(=O)c1cc(S(=O)(=O)[C@@H]2CCS(=O)(=O)C2)ccc1F. The normalized spacial score (nSPS) is 20.0. The van der Waals surface area contributed by atoms with Gasteiger partial charge < -0.3 is 10.1 Å². The van der Waals surface area contributed by atoms with Gasteiger partial charge in [-0.05, 0) is 24.6 Å². The molecule has 1 amide bonds. The van der Waals surface area contributed by atoms with Gasteiger partial charge in [-0.2, -0.15) is 0 Å². The van der Waals surface area contributed by atoms with Crippen LogP contribution in [-0.4, -0.2) is 59.8 Å². The van der Waals surface area contributed by atoms with E-state index in [-0.39, 0.29) is 30.2 Å². The van der Waals surface area contributed by atoms with Crippen molar-refractivity contribution in [1.82, 2.24) is 5.32 Å². The second-order valence-corrected chi connectivity index (χ2v) is 9.92. The molecule has 0 saturated carbocycles. The zero-order chi connectivity index (χ0) is 18.0. The molecule has 1 saturated heterocycles. The van der Waals surface area contributed by atoms with Crippen molar-refractivity contribution in [2.45, 2.75) is 16.6 Å². The number of methoxy groups -OCH3 is 1. The van der Waals surface area contributed by atoms with Gasteiger partial charge in [-0.3, -0.25) is 4.79 Å². The maximum absolute atomic E-state index is 13.8. The summed E-state index contributed by atoms with van der Waals surface area (Å²) in [4.78, 5) is 11.7. The molecule has 1 aromatic carbocycles. The van der Waals surface area contributed by atoms with Gasteiger partial charge in [0.05, 0.1) is 33.8 Å². The summed E-state index contributed by atoms with van der Waals surface area (Å²) in [5.74, 6) is -2.27. The summed E-state index contributed by atoms with van der Waals surface area (Å²) in [6.07, 6.45) is -0.00257. The third-order valence-electron chi connectivity index (χ3n) is 3.73. The van der Waals surface area contributed by atoms with Crippen LogP contribution >= 0.6 is 0 Å². The van der Waals surface area contributed by atoms with E-state index in [4.69, 9.17) is 4.74 Å². The van der Waals surface area contributed by atoms with Gasteiger partial charge in [0.1, 0.15) is 5.82 Å². The van der Waals surface area contributed by atoms with Crippen LogP contribution in [0, 0.1) is 5.82 Å². The highest BCUT2D eigenvalue weighted by atomic mass is 32.2. The fraction of sp³-hybridized carbons (Fsp3) is 0.500. The minimum Gasteiger partial charge on any atom is -0.383 e. The minimum atomic E-state index is -3.96. The average Bonchev–Trinajstić information content (AvgIpc) is 2.88. The summed E-state index contributed by atoms with van der Waals surface area (Å²) in [5, 5.41) is 1.34. The predicted octanol–water partition coefficient (Wildman–Crippen LogP) is 0.163. The molecule has 10 heteroatoms. The first-order chi connectivity index (χ1) is 11.2. The summed E-state index contributed by atoms with van der Waals surface area (Å²) in [7, 11) is -5.90. The van der Waals surface area contributed by atoms with Crippen LogP contribution in [0.1, 0.15) is 16.8 Å². The van der Waals surface area contributed by atoms with Crippen LogP contribution in [0.3, 0.4) is 0 Å². The molecular weight excluding hydrogens is 361 g/mol. The maximum Gasteiger partial charge on any atom is 0.254 e. The van der Waals surface area contributed by atoms with Gasteiger partial charge >= 0.3 is 0 Å². The molecule has 1 aromatic rings. The zero-order valence-corrected chi connectivity index (χ0v) is 14.6. The van der Waals surface area contributed by atoms with Crippen molar-refractivity contribution >= 4 is 25.6 Å². The van der Waals surface area contributed by atoms with Crippen LogP contribution < -0.4 is 5.32 Å². The monoisotopic (exact) mass is 379 g/mol. The highest BCUT2D eigenvalue weighted by molar-refractivity contribution is 7.96. The van der Waals surface area contributed by atoms with Crippen molar-refractivity contribution in [3.8, 4) is 0 Å². The number of benzene rings is 1. The molecule has 7 nitrogen and oxygen atoms in total. The van der Waals surface area contributed by atoms with E-state index in [0.717, 1.165) is 18.2 Å². The average molecular weight is 379 g/mol. The molecule has 1 heterocycles. The summed E-state index contributed by atoms with van der Waals surface area (Å²) in [6.45, 7) is 0.373. The predicted molar refractivity (Wildman–Crippen MR) is 84.9 cm³/mol. The highest BCUT2D eigenvalue weighted by Crippen LogP contribution is 2.26. The Bertz CT molecular complexity index is 835. The molecule has 1 fully saturated rings. The number of carbonyl (C=O) groups is 1. The Kier molecular flexibility index (Phi) is 5.61. The molecule has 24 heavy (non-hydrogen) atoms. The Balaban J connectivity index is 2.28. The van der Waals surface area contributed by atoms with Gasteiger partial charge in [-0.1, -0.05) is 0 Å². The van der Waals surface area contributed by atoms with Crippen molar-refractivity contribution in [3.63, 3.8) is 0 Å². The molecule has 134 valence electrons. The van der Waals surface area contributed by atoms with Gasteiger partial charge in [0, 0.05) is 13.7 Å². The zero-order valence-electron chi connectivity index (χ0n) is 13.0. The topological polar surface area (TPSA) is 107 Å². The van der Waals surface area contributed by atoms with Gasteiger partial charge in [0.15, 0.2) is 19.7 Å². The lowest BCUT2D eigenvalue weighted by Crippen LogP contribution is -2.28. The molecule has 0 unspecified atom stereocenters. The van der Waals surface area contributed by atoms with Gasteiger partial charge in [0.25, 0.3) is 5.91 Å². The van der Waals surface area contributed by atoms with E-state index < -0.39 is 48.0 Å². The maximum atomic E-state index is 13.8. The molecule has 0 aliphatic carbocycles. The molecule has 0 aromatic heterocycles. The van der Waals surface area contributed by atoms with E-state index in [0.29, 0.717) is 0 Å². The van der Waals surface area contributed by atoms with Crippen LogP contribution in [-0.2, 0) is 24.4 Å². The largest absolute Gasteiger partial charge is 0.383 e. The number of sulfone groups is 2. The quantitative estimate of drug-likeness (QED) is 0.558. The van der Waals surface area contributed by atoms with E-state index >= 15 is 0 Å². The van der Waals surface area contributed by atoms with Crippen molar-refractivity contribution < 1.29 is 30.8 Å². The first-order valence-electron chi connectivity index (χ1n) is 7.18. The van der Waals surface area contributed by atoms with E-state index in [1.165, 1.54) is 7.11 Å². The molecule has 0 spiro atoms. The van der Waals surface area contributed by atoms with E-state index in [1.54, 1.807) is 0 Å². The van der Waals surface area contributed by atoms with E-state index in [2.05, 4.69) is 5.32 Å². The van der Waals surface area contributed by atoms with Crippen molar-refractivity contribution in [3.05, 3.63) is 29.6 Å². The lowest BCUT2D eigenvalue weighted by molar-refractivity contribution is 0.0933. The number of hydrogen-bond donors (Lipinski definition) is 1. The first kappa shape index (κ1) is 18.8. The van der Waals surface area contributed by atoms with Crippen LogP contribution in [0.15, 0.2) is 23.1 Å². The molecule has 1 N–H and O–H groups in total. The standard InChI is InChI=1S/C14H18FNO6S2/c1-22-6-5-16-14(17)12-8-10(2-3-13(12)15)24(20,21)11-4-7-23(18,19)9-11/h2-3,8,11H,4-7,9H2,1H3,(H,16,17)/t11-/m1/s1. The van der Waals surface area contributed by atoms with Gasteiger partial charge in [0.2, 0.25) is 0 Å². The third-order valence-corrected chi connectivity index (χ3v) is 7.90. The number of ether oxygens (including phenoxy) is 1. The fourth-order valence-electron chi connectivity index (χ4n) is 2.42. The first-order valence-corrected chi connectivity index (χ1v) is 10.5. The Labute approximate surface area is 140 Å². The summed E-state index contributed by atoms with van der Waals surface area (Å²) >= 11 is 0. The van der Waals surface area contributed by atoms with Crippen molar-refractivity contribution in [2.24, 2.45) is 0 Å². The Morgan fingerprint density at radius 1 is 1.42 bits per heavy atom. The second kappa shape index (κ2) is 7.16. The Hall–Kier alpha value is -1.52. The van der Waals surface area contributed by atoms with Crippen LogP contribution in [0.25, 0.3) is 0 Å². The number of nitrogens with one attached hydrogen (secondary N) is 1. The number of halogens is 1. The highest BCUT2D eigenvalue weighted by Gasteiger charge is 2.38. The molecule has 0 bridgehead atoms. The molecule has 1 aliphatic rings. The summed E-state index contributed by atoms with van der Waals surface area (Å²) in [5.41, 5.74) is -0.409. The number of rotatable bonds is 6. The van der Waals surface area contributed by atoms with Gasteiger partial charge in [-0.25, -0.2) is 21.2 Å². The van der Waals surface area contributed by atoms with Crippen molar-refractivity contribution in [1.29, 1.82) is 0 Å². The van der Waals surface area contributed by atoms with E-state index in [9.17, 15) is 26.0 Å². The molecule has 1 atom stereocenters. The summed E-state index contributed by atoms with van der Waals surface area (Å²) < 4.78 is 66.6. The smallest absolute Gasteiger partial charge is 0.254 e. The fourth-order valence-corrected chi connectivity index (χ4v) is 6.80. The molecule has 0 radical (unpaired) electrons. The van der Waals surface area contributed by atoms with E-state index in [1.807, 2.05) is 0 Å². The van der Waals surface area contributed by atoms with Gasteiger partial charge in [-0.15, -0.1) is 0 Å². The summed E-state index contributed by atoms with van der Waals surface area (Å²) in [6, 6.07) is 2.88. The number of amides is 1. The molecular formula is C14H18FNO6S2. The lowest BCUT2D eigenvalue weighted by Gasteiger charge is -2.12. The molecule has 2 rings (SSSR count). The third kappa shape index (κ3) is 4.11. The number of hydrogen-bond acceptors (Lipinski definition) is 6. The van der Waals surface area contributed by atoms with Crippen LogP contribution in [0.5, 0.6) is 0 Å². The number of carbonyl (C=O) groups excluding carboxylic acids is 1. The lowest BCUT2D eigenvalue weighted by atomic mass is 10.2. The van der Waals surface area contributed by atoms with Crippen molar-refractivity contribution in [2.75, 3.05) is 31.8 Å². The molecule has 1 aliphatic heterocycles. The Morgan fingerprint density at radius 2 is 2.12 bits per heavy atom. The van der Waals surface area contributed by atoms with Crippen LogP contribution in [0.2, 0.25) is 0 Å². The van der Waals surface area contributed by atoms with Crippen LogP contribution in [0.4, 0.5) is 4.39 Å². The minimum absolute atomic E-state index is 0.00257. The Morgan fingerprint density at radius 3 is 2.71 bits per heavy atom.